The smallest absolute Gasteiger partial charge is 0.0638 e. The van der Waals surface area contributed by atoms with Gasteiger partial charge in [0.25, 0.3) is 0 Å². The van der Waals surface area contributed by atoms with Crippen molar-refractivity contribution in [2.75, 3.05) is 0 Å². The minimum Gasteiger partial charge on any atom is -0.115 e. The number of halogens is 2. The molecule has 0 atom stereocenters. The zero-order valence-electron chi connectivity index (χ0n) is 14.5. The molecule has 2 aromatic rings. The van der Waals surface area contributed by atoms with Crippen LogP contribution in [0.1, 0.15) is 56.4 Å². The molecular formula is C21H26Cl2. The van der Waals surface area contributed by atoms with E-state index in [4.69, 9.17) is 23.2 Å². The standard InChI is InChI=1S/C21H26Cl2/c1-20(2,22)18-12-8-16(9-13-18)6-5-7-17-10-14-19(15-11-17)21(3,4)23/h8-15H,5-7H2,1-4H3. The van der Waals surface area contributed by atoms with Crippen molar-refractivity contribution >= 4 is 23.2 Å². The molecule has 23 heavy (non-hydrogen) atoms. The fraction of sp³-hybridized carbons (Fsp3) is 0.429. The predicted molar refractivity (Wildman–Crippen MR) is 103 cm³/mol. The molecule has 0 saturated heterocycles. The second-order valence-corrected chi connectivity index (χ2v) is 9.08. The van der Waals surface area contributed by atoms with Gasteiger partial charge in [0.05, 0.1) is 9.75 Å². The van der Waals surface area contributed by atoms with Crippen LogP contribution in [0.4, 0.5) is 0 Å². The Labute approximate surface area is 150 Å². The lowest BCUT2D eigenvalue weighted by atomic mass is 9.97. The van der Waals surface area contributed by atoms with E-state index in [0.29, 0.717) is 0 Å². The molecule has 0 aliphatic carbocycles. The van der Waals surface area contributed by atoms with E-state index in [1.54, 1.807) is 0 Å². The van der Waals surface area contributed by atoms with Crippen molar-refractivity contribution in [3.63, 3.8) is 0 Å². The molecule has 0 heterocycles. The minimum atomic E-state index is -0.295. The molecule has 2 aromatic carbocycles. The van der Waals surface area contributed by atoms with E-state index in [0.717, 1.165) is 19.3 Å². The number of rotatable bonds is 6. The van der Waals surface area contributed by atoms with Crippen LogP contribution in [0.2, 0.25) is 0 Å². The highest BCUT2D eigenvalue weighted by Gasteiger charge is 2.16. The Kier molecular flexibility index (Phi) is 5.81. The molecule has 0 nitrogen and oxygen atoms in total. The molecule has 0 fully saturated rings. The number of aryl methyl sites for hydroxylation is 2. The summed E-state index contributed by atoms with van der Waals surface area (Å²) in [5.74, 6) is 0. The first-order chi connectivity index (χ1) is 10.7. The summed E-state index contributed by atoms with van der Waals surface area (Å²) in [7, 11) is 0. The maximum absolute atomic E-state index is 6.33. The van der Waals surface area contributed by atoms with E-state index in [9.17, 15) is 0 Å². The second kappa shape index (κ2) is 7.28. The molecule has 0 spiro atoms. The molecule has 0 amide bonds. The number of hydrogen-bond donors (Lipinski definition) is 0. The van der Waals surface area contributed by atoms with Crippen LogP contribution >= 0.6 is 23.2 Å². The first kappa shape index (κ1) is 18.4. The number of hydrogen-bond acceptors (Lipinski definition) is 0. The Balaban J connectivity index is 1.87. The van der Waals surface area contributed by atoms with Crippen LogP contribution in [0, 0.1) is 0 Å². The highest BCUT2D eigenvalue weighted by Crippen LogP contribution is 2.28. The Morgan fingerprint density at radius 3 is 1.17 bits per heavy atom. The Morgan fingerprint density at radius 1 is 0.609 bits per heavy atom. The molecule has 2 heteroatoms. The van der Waals surface area contributed by atoms with Crippen molar-refractivity contribution in [2.45, 2.75) is 56.7 Å². The van der Waals surface area contributed by atoms with Crippen LogP contribution in [0.15, 0.2) is 48.5 Å². The van der Waals surface area contributed by atoms with E-state index in [1.807, 2.05) is 27.7 Å². The van der Waals surface area contributed by atoms with E-state index >= 15 is 0 Å². The van der Waals surface area contributed by atoms with Crippen LogP contribution in [0.25, 0.3) is 0 Å². The van der Waals surface area contributed by atoms with Crippen molar-refractivity contribution in [1.82, 2.24) is 0 Å². The van der Waals surface area contributed by atoms with Gasteiger partial charge in [0.1, 0.15) is 0 Å². The number of benzene rings is 2. The molecule has 0 aliphatic rings. The largest absolute Gasteiger partial charge is 0.115 e. The van der Waals surface area contributed by atoms with Gasteiger partial charge in [0.2, 0.25) is 0 Å². The van der Waals surface area contributed by atoms with Gasteiger partial charge in [-0.1, -0.05) is 48.5 Å². The summed E-state index contributed by atoms with van der Waals surface area (Å²) in [5.41, 5.74) is 5.07. The fourth-order valence-electron chi connectivity index (χ4n) is 2.63. The molecule has 0 unspecified atom stereocenters. The van der Waals surface area contributed by atoms with Crippen LogP contribution in [-0.4, -0.2) is 0 Å². The average molecular weight is 349 g/mol. The molecular weight excluding hydrogens is 323 g/mol. The van der Waals surface area contributed by atoms with Crippen molar-refractivity contribution in [3.05, 3.63) is 70.8 Å². The molecule has 0 aromatic heterocycles. The van der Waals surface area contributed by atoms with Crippen LogP contribution in [0.5, 0.6) is 0 Å². The quantitative estimate of drug-likeness (QED) is 0.503. The molecule has 124 valence electrons. The zero-order valence-corrected chi connectivity index (χ0v) is 16.0. The van der Waals surface area contributed by atoms with E-state index in [1.165, 1.54) is 22.3 Å². The third kappa shape index (κ3) is 5.55. The van der Waals surface area contributed by atoms with E-state index in [2.05, 4.69) is 48.5 Å². The Bertz CT molecular complexity index is 553. The lowest BCUT2D eigenvalue weighted by Gasteiger charge is -2.17. The molecule has 0 aliphatic heterocycles. The second-order valence-electron chi connectivity index (χ2n) is 7.19. The highest BCUT2D eigenvalue weighted by atomic mass is 35.5. The van der Waals surface area contributed by atoms with E-state index in [-0.39, 0.29) is 9.75 Å². The lowest BCUT2D eigenvalue weighted by molar-refractivity contribution is 0.760. The zero-order chi connectivity index (χ0) is 17.1. The SMILES string of the molecule is CC(C)(Cl)c1ccc(CCCc2ccc(C(C)(C)Cl)cc2)cc1. The Hall–Kier alpha value is -0.980. The van der Waals surface area contributed by atoms with Gasteiger partial charge >= 0.3 is 0 Å². The van der Waals surface area contributed by atoms with Crippen molar-refractivity contribution < 1.29 is 0 Å². The molecule has 0 saturated carbocycles. The van der Waals surface area contributed by atoms with Gasteiger partial charge < -0.3 is 0 Å². The van der Waals surface area contributed by atoms with Crippen LogP contribution in [0.3, 0.4) is 0 Å². The van der Waals surface area contributed by atoms with Gasteiger partial charge in [-0.15, -0.1) is 23.2 Å². The normalized spacial score (nSPS) is 12.4. The summed E-state index contributed by atoms with van der Waals surface area (Å²) in [6.45, 7) is 8.09. The maximum Gasteiger partial charge on any atom is 0.0638 e. The summed E-state index contributed by atoms with van der Waals surface area (Å²) in [6, 6.07) is 17.3. The molecule has 0 N–H and O–H groups in total. The Morgan fingerprint density at radius 2 is 0.913 bits per heavy atom. The monoisotopic (exact) mass is 348 g/mol. The molecule has 2 rings (SSSR count). The fourth-order valence-corrected chi connectivity index (χ4v) is 2.88. The maximum atomic E-state index is 6.33. The van der Waals surface area contributed by atoms with Gasteiger partial charge in [-0.05, 0) is 69.2 Å². The highest BCUT2D eigenvalue weighted by molar-refractivity contribution is 6.23. The summed E-state index contributed by atoms with van der Waals surface area (Å²) < 4.78 is 0. The topological polar surface area (TPSA) is 0 Å². The summed E-state index contributed by atoms with van der Waals surface area (Å²) in [4.78, 5) is -0.590. The van der Waals surface area contributed by atoms with Crippen molar-refractivity contribution in [1.29, 1.82) is 0 Å². The average Bonchev–Trinajstić information content (AvgIpc) is 2.46. The number of alkyl halides is 2. The van der Waals surface area contributed by atoms with Gasteiger partial charge in [-0.2, -0.15) is 0 Å². The van der Waals surface area contributed by atoms with Crippen molar-refractivity contribution in [2.24, 2.45) is 0 Å². The first-order valence-electron chi connectivity index (χ1n) is 8.23. The van der Waals surface area contributed by atoms with Gasteiger partial charge in [-0.3, -0.25) is 0 Å². The minimum absolute atomic E-state index is 0.295. The van der Waals surface area contributed by atoms with Gasteiger partial charge in [-0.25, -0.2) is 0 Å². The van der Waals surface area contributed by atoms with Crippen LogP contribution in [-0.2, 0) is 22.6 Å². The third-order valence-corrected chi connectivity index (χ3v) is 4.65. The predicted octanol–water partition coefficient (Wildman–Crippen LogP) is 6.81. The van der Waals surface area contributed by atoms with Crippen LogP contribution < -0.4 is 0 Å². The summed E-state index contributed by atoms with van der Waals surface area (Å²) in [5, 5.41) is 0. The summed E-state index contributed by atoms with van der Waals surface area (Å²) in [6.07, 6.45) is 3.32. The van der Waals surface area contributed by atoms with Gasteiger partial charge in [0.15, 0.2) is 0 Å². The molecule has 0 radical (unpaired) electrons. The van der Waals surface area contributed by atoms with Crippen molar-refractivity contribution in [3.8, 4) is 0 Å². The van der Waals surface area contributed by atoms with Gasteiger partial charge in [0, 0.05) is 0 Å². The lowest BCUT2D eigenvalue weighted by Crippen LogP contribution is -2.07. The summed E-state index contributed by atoms with van der Waals surface area (Å²) >= 11 is 12.7. The first-order valence-corrected chi connectivity index (χ1v) is 8.98. The van der Waals surface area contributed by atoms with E-state index < -0.39 is 0 Å². The third-order valence-electron chi connectivity index (χ3n) is 4.21. The molecule has 0 bridgehead atoms.